The number of carbonyl (C=O) groups excluding carboxylic acids is 1. The van der Waals surface area contributed by atoms with Crippen LogP contribution in [0.1, 0.15) is 39.0 Å². The zero-order chi connectivity index (χ0) is 15.0. The van der Waals surface area contributed by atoms with Crippen LogP contribution >= 0.6 is 11.6 Å². The number of rotatable bonds is 7. The fourth-order valence-electron chi connectivity index (χ4n) is 2.27. The number of allylic oxidation sites excluding steroid dienone is 3. The van der Waals surface area contributed by atoms with Gasteiger partial charge in [0.25, 0.3) is 0 Å². The van der Waals surface area contributed by atoms with Crippen LogP contribution in [0.5, 0.6) is 0 Å². The number of Topliss-reactive ketones (excluding diaryl/α,β-unsaturated/α-hetero) is 1. The minimum atomic E-state index is 0.191. The van der Waals surface area contributed by atoms with Crippen molar-refractivity contribution in [1.29, 1.82) is 0 Å². The van der Waals surface area contributed by atoms with Crippen molar-refractivity contribution in [2.24, 2.45) is 11.7 Å². The molecule has 1 aliphatic rings. The maximum Gasteiger partial charge on any atom is 0.140 e. The summed E-state index contributed by atoms with van der Waals surface area (Å²) < 4.78 is 5.19. The average molecular weight is 301 g/mol. The van der Waals surface area contributed by atoms with Crippen molar-refractivity contribution in [2.45, 2.75) is 39.0 Å². The summed E-state index contributed by atoms with van der Waals surface area (Å²) in [5.74, 6) is 1.43. The lowest BCUT2D eigenvalue weighted by Crippen LogP contribution is -2.28. The second-order valence-electron chi connectivity index (χ2n) is 5.25. The SMILES string of the molecule is CO/C(=C/C(N)=C(\C)Cl)CC(=O)CCC1CCNCC1. The van der Waals surface area contributed by atoms with Crippen LogP contribution < -0.4 is 11.1 Å². The van der Waals surface area contributed by atoms with Crippen LogP contribution in [-0.4, -0.2) is 26.0 Å². The van der Waals surface area contributed by atoms with Gasteiger partial charge in [-0.05, 0) is 45.2 Å². The number of hydrogen-bond acceptors (Lipinski definition) is 4. The number of halogens is 1. The molecule has 1 saturated heterocycles. The number of hydrogen-bond donors (Lipinski definition) is 2. The molecular formula is C15H25ClN2O2. The smallest absolute Gasteiger partial charge is 0.140 e. The van der Waals surface area contributed by atoms with E-state index in [0.717, 1.165) is 19.5 Å². The van der Waals surface area contributed by atoms with Gasteiger partial charge in [-0.25, -0.2) is 0 Å². The first-order valence-corrected chi connectivity index (χ1v) is 7.49. The number of nitrogens with one attached hydrogen (secondary N) is 1. The van der Waals surface area contributed by atoms with Gasteiger partial charge in [0.15, 0.2) is 0 Å². The van der Waals surface area contributed by atoms with Crippen molar-refractivity contribution in [2.75, 3.05) is 20.2 Å². The monoisotopic (exact) mass is 300 g/mol. The third kappa shape index (κ3) is 6.44. The first-order valence-electron chi connectivity index (χ1n) is 7.11. The first-order chi connectivity index (χ1) is 9.52. The van der Waals surface area contributed by atoms with Gasteiger partial charge in [-0.1, -0.05) is 11.6 Å². The standard InChI is InChI=1S/C15H25ClN2O2/c1-11(16)15(17)10-14(20-2)9-13(19)4-3-12-5-7-18-8-6-12/h10,12,18H,3-9,17H2,1-2H3/b14-10+,15-11-. The normalized spacial score (nSPS) is 18.6. The summed E-state index contributed by atoms with van der Waals surface area (Å²) in [5, 5.41) is 3.83. The maximum absolute atomic E-state index is 12.0. The number of piperidine rings is 1. The van der Waals surface area contributed by atoms with Gasteiger partial charge in [-0.2, -0.15) is 0 Å². The van der Waals surface area contributed by atoms with Crippen molar-refractivity contribution in [3.05, 3.63) is 22.6 Å². The molecule has 0 atom stereocenters. The Morgan fingerprint density at radius 2 is 2.10 bits per heavy atom. The summed E-state index contributed by atoms with van der Waals surface area (Å²) in [5.41, 5.74) is 6.17. The number of nitrogens with two attached hydrogens (primary N) is 1. The molecule has 0 aromatic rings. The summed E-state index contributed by atoms with van der Waals surface area (Å²) in [6.45, 7) is 3.84. The highest BCUT2D eigenvalue weighted by Gasteiger charge is 2.15. The second kappa shape index (κ2) is 9.03. The Balaban J connectivity index is 2.41. The van der Waals surface area contributed by atoms with Crippen molar-refractivity contribution in [1.82, 2.24) is 5.32 Å². The molecule has 3 N–H and O–H groups in total. The van der Waals surface area contributed by atoms with Crippen LogP contribution in [0.3, 0.4) is 0 Å². The molecule has 5 heteroatoms. The molecule has 0 amide bonds. The van der Waals surface area contributed by atoms with Crippen LogP contribution in [0.15, 0.2) is 22.6 Å². The maximum atomic E-state index is 12.0. The largest absolute Gasteiger partial charge is 0.501 e. The minimum Gasteiger partial charge on any atom is -0.501 e. The first kappa shape index (κ1) is 17.1. The number of methoxy groups -OCH3 is 1. The van der Waals surface area contributed by atoms with E-state index < -0.39 is 0 Å². The quantitative estimate of drug-likeness (QED) is 0.560. The third-order valence-electron chi connectivity index (χ3n) is 3.64. The molecule has 0 saturated carbocycles. The molecule has 0 aromatic carbocycles. The molecule has 0 radical (unpaired) electrons. The fraction of sp³-hybridized carbons (Fsp3) is 0.667. The lowest BCUT2D eigenvalue weighted by Gasteiger charge is -2.22. The van der Waals surface area contributed by atoms with E-state index >= 15 is 0 Å². The van der Waals surface area contributed by atoms with E-state index in [0.29, 0.717) is 28.8 Å². The predicted octanol–water partition coefficient (Wildman–Crippen LogP) is 2.68. The van der Waals surface area contributed by atoms with Crippen molar-refractivity contribution in [3.63, 3.8) is 0 Å². The molecule has 1 aliphatic heterocycles. The Morgan fingerprint density at radius 1 is 1.45 bits per heavy atom. The van der Waals surface area contributed by atoms with Crippen LogP contribution in [-0.2, 0) is 9.53 Å². The molecule has 1 fully saturated rings. The van der Waals surface area contributed by atoms with Crippen LogP contribution in [0.4, 0.5) is 0 Å². The number of ether oxygens (including phenoxy) is 1. The summed E-state index contributed by atoms with van der Waals surface area (Å²) in [6.07, 6.45) is 5.83. The molecular weight excluding hydrogens is 276 g/mol. The summed E-state index contributed by atoms with van der Waals surface area (Å²) in [4.78, 5) is 12.0. The van der Waals surface area contributed by atoms with Crippen molar-refractivity contribution < 1.29 is 9.53 Å². The second-order valence-corrected chi connectivity index (χ2v) is 5.82. The molecule has 0 aromatic heterocycles. The van der Waals surface area contributed by atoms with Crippen molar-refractivity contribution in [3.8, 4) is 0 Å². The summed E-state index contributed by atoms with van der Waals surface area (Å²) in [6, 6.07) is 0. The lowest BCUT2D eigenvalue weighted by molar-refractivity contribution is -0.119. The van der Waals surface area contributed by atoms with E-state index in [1.807, 2.05) is 0 Å². The van der Waals surface area contributed by atoms with Gasteiger partial charge in [-0.3, -0.25) is 4.79 Å². The molecule has 1 heterocycles. The molecule has 1 rings (SSSR count). The predicted molar refractivity (Wildman–Crippen MR) is 82.3 cm³/mol. The highest BCUT2D eigenvalue weighted by atomic mass is 35.5. The Morgan fingerprint density at radius 3 is 2.65 bits per heavy atom. The molecule has 4 nitrogen and oxygen atoms in total. The van der Waals surface area contributed by atoms with E-state index in [4.69, 9.17) is 22.1 Å². The molecule has 0 aliphatic carbocycles. The third-order valence-corrected chi connectivity index (χ3v) is 3.86. The van der Waals surface area contributed by atoms with Crippen molar-refractivity contribution >= 4 is 17.4 Å². The highest BCUT2D eigenvalue weighted by molar-refractivity contribution is 6.29. The zero-order valence-electron chi connectivity index (χ0n) is 12.4. The van der Waals surface area contributed by atoms with Crippen LogP contribution in [0.25, 0.3) is 0 Å². The number of carbonyl (C=O) groups is 1. The molecule has 0 bridgehead atoms. The topological polar surface area (TPSA) is 64.3 Å². The summed E-state index contributed by atoms with van der Waals surface area (Å²) in [7, 11) is 1.54. The van der Waals surface area contributed by atoms with E-state index in [2.05, 4.69) is 5.32 Å². The van der Waals surface area contributed by atoms with Gasteiger partial charge >= 0.3 is 0 Å². The minimum absolute atomic E-state index is 0.191. The zero-order valence-corrected chi connectivity index (χ0v) is 13.1. The fourth-order valence-corrected chi connectivity index (χ4v) is 2.33. The summed E-state index contributed by atoms with van der Waals surface area (Å²) >= 11 is 5.79. The molecule has 0 unspecified atom stereocenters. The van der Waals surface area contributed by atoms with Gasteiger partial charge in [0.1, 0.15) is 11.5 Å². The molecule has 20 heavy (non-hydrogen) atoms. The Kier molecular flexibility index (Phi) is 7.70. The average Bonchev–Trinajstić information content (AvgIpc) is 2.45. The van der Waals surface area contributed by atoms with E-state index in [1.165, 1.54) is 12.8 Å². The number of ketones is 1. The Labute approximate surface area is 126 Å². The van der Waals surface area contributed by atoms with E-state index in [-0.39, 0.29) is 12.2 Å². The Hall–Kier alpha value is -1.00. The van der Waals surface area contributed by atoms with Crippen LogP contribution in [0, 0.1) is 5.92 Å². The van der Waals surface area contributed by atoms with Gasteiger partial charge < -0.3 is 15.8 Å². The van der Waals surface area contributed by atoms with Gasteiger partial charge in [-0.15, -0.1) is 0 Å². The molecule has 0 spiro atoms. The van der Waals surface area contributed by atoms with Gasteiger partial charge in [0, 0.05) is 23.2 Å². The van der Waals surface area contributed by atoms with E-state index in [1.54, 1.807) is 20.1 Å². The highest BCUT2D eigenvalue weighted by Crippen LogP contribution is 2.19. The van der Waals surface area contributed by atoms with Gasteiger partial charge in [0.2, 0.25) is 0 Å². The molecule has 114 valence electrons. The van der Waals surface area contributed by atoms with E-state index in [9.17, 15) is 4.79 Å². The lowest BCUT2D eigenvalue weighted by atomic mass is 9.92. The van der Waals surface area contributed by atoms with Crippen LogP contribution in [0.2, 0.25) is 0 Å². The van der Waals surface area contributed by atoms with Gasteiger partial charge in [0.05, 0.1) is 13.5 Å². The Bertz CT molecular complexity index is 381.